The molecule has 0 saturated carbocycles. The number of aryl methyl sites for hydroxylation is 2. The molecule has 2 unspecified atom stereocenters. The van der Waals surface area contributed by atoms with Crippen molar-refractivity contribution in [3.05, 3.63) is 17.0 Å². The molecule has 0 N–H and O–H groups in total. The molecule has 0 radical (unpaired) electrons. The van der Waals surface area contributed by atoms with Gasteiger partial charge in [0, 0.05) is 23.6 Å². The van der Waals surface area contributed by atoms with Crippen LogP contribution in [-0.4, -0.2) is 39.6 Å². The Kier molecular flexibility index (Phi) is 2.24. The van der Waals surface area contributed by atoms with Gasteiger partial charge in [0.05, 0.1) is 5.69 Å². The lowest BCUT2D eigenvalue weighted by atomic mass is 10.1. The van der Waals surface area contributed by atoms with Crippen molar-refractivity contribution >= 4 is 17.7 Å². The molecule has 16 heavy (non-hydrogen) atoms. The van der Waals surface area contributed by atoms with E-state index < -0.39 is 0 Å². The van der Waals surface area contributed by atoms with Crippen molar-refractivity contribution in [1.82, 2.24) is 10.1 Å². The Hall–Kier alpha value is -0.970. The summed E-state index contributed by atoms with van der Waals surface area (Å²) in [7, 11) is 0. The summed E-state index contributed by atoms with van der Waals surface area (Å²) in [6, 6.07) is 0.427. The van der Waals surface area contributed by atoms with Gasteiger partial charge in [-0.25, -0.2) is 0 Å². The quantitative estimate of drug-likeness (QED) is 0.746. The standard InChI is InChI=1S/C11H14N2O2S/c1-6-10(7(2)15-12-6)11(14)13-4-9-3-8(13)5-16-9/h8-9H,3-5H2,1-2H3. The minimum absolute atomic E-state index is 0.101. The first-order valence-corrected chi connectivity index (χ1v) is 6.57. The van der Waals surface area contributed by atoms with Crippen LogP contribution in [0.3, 0.4) is 0 Å². The Morgan fingerprint density at radius 2 is 2.38 bits per heavy atom. The molecule has 2 fully saturated rings. The molecule has 0 aromatic carbocycles. The molecule has 4 nitrogen and oxygen atoms in total. The first kappa shape index (κ1) is 10.2. The van der Waals surface area contributed by atoms with Gasteiger partial charge in [-0.3, -0.25) is 4.79 Å². The van der Waals surface area contributed by atoms with Gasteiger partial charge < -0.3 is 9.42 Å². The van der Waals surface area contributed by atoms with Crippen molar-refractivity contribution in [3.63, 3.8) is 0 Å². The number of likely N-dealkylation sites (tertiary alicyclic amines) is 1. The van der Waals surface area contributed by atoms with Crippen LogP contribution in [0.2, 0.25) is 0 Å². The number of hydrogen-bond acceptors (Lipinski definition) is 4. The normalized spacial score (nSPS) is 27.8. The number of thioether (sulfide) groups is 1. The summed E-state index contributed by atoms with van der Waals surface area (Å²) in [5.74, 6) is 1.82. The van der Waals surface area contributed by atoms with Crippen LogP contribution in [0.25, 0.3) is 0 Å². The van der Waals surface area contributed by atoms with Crippen LogP contribution in [0, 0.1) is 13.8 Å². The number of carbonyl (C=O) groups is 1. The van der Waals surface area contributed by atoms with Crippen LogP contribution >= 0.6 is 11.8 Å². The van der Waals surface area contributed by atoms with Gasteiger partial charge in [0.15, 0.2) is 0 Å². The van der Waals surface area contributed by atoms with Crippen molar-refractivity contribution in [1.29, 1.82) is 0 Å². The predicted octanol–water partition coefficient (Wildman–Crippen LogP) is 1.62. The second-order valence-corrected chi connectivity index (χ2v) is 5.83. The number of aromatic nitrogens is 1. The fourth-order valence-electron chi connectivity index (χ4n) is 2.58. The first-order chi connectivity index (χ1) is 7.66. The molecule has 86 valence electrons. The summed E-state index contributed by atoms with van der Waals surface area (Å²) in [4.78, 5) is 14.4. The average molecular weight is 238 g/mol. The predicted molar refractivity (Wildman–Crippen MR) is 61.7 cm³/mol. The highest BCUT2D eigenvalue weighted by molar-refractivity contribution is 8.00. The molecular formula is C11H14N2O2S. The second kappa shape index (κ2) is 3.52. The zero-order chi connectivity index (χ0) is 11.3. The van der Waals surface area contributed by atoms with E-state index in [0.717, 1.165) is 18.7 Å². The average Bonchev–Trinajstić information content (AvgIpc) is 2.93. The van der Waals surface area contributed by atoms with E-state index in [1.807, 2.05) is 23.6 Å². The maximum Gasteiger partial charge on any atom is 0.259 e. The molecule has 0 spiro atoms. The van der Waals surface area contributed by atoms with Gasteiger partial charge in [-0.15, -0.1) is 0 Å². The smallest absolute Gasteiger partial charge is 0.259 e. The van der Waals surface area contributed by atoms with Gasteiger partial charge in [-0.05, 0) is 20.3 Å². The molecule has 2 atom stereocenters. The molecule has 1 amide bonds. The lowest BCUT2D eigenvalue weighted by molar-refractivity contribution is 0.0745. The molecule has 2 aliphatic rings. The van der Waals surface area contributed by atoms with Crippen LogP contribution in [0.15, 0.2) is 4.52 Å². The Balaban J connectivity index is 1.89. The van der Waals surface area contributed by atoms with E-state index in [9.17, 15) is 4.79 Å². The largest absolute Gasteiger partial charge is 0.361 e. The van der Waals surface area contributed by atoms with Crippen LogP contribution in [-0.2, 0) is 0 Å². The fourth-order valence-corrected chi connectivity index (χ4v) is 4.01. The number of rotatable bonds is 1. The Morgan fingerprint density at radius 3 is 2.88 bits per heavy atom. The molecule has 2 bridgehead atoms. The van der Waals surface area contributed by atoms with Crippen molar-refractivity contribution in [2.45, 2.75) is 31.6 Å². The summed E-state index contributed by atoms with van der Waals surface area (Å²) in [5.41, 5.74) is 1.37. The van der Waals surface area contributed by atoms with Crippen LogP contribution in [0.1, 0.15) is 28.2 Å². The van der Waals surface area contributed by atoms with Gasteiger partial charge in [0.25, 0.3) is 5.91 Å². The highest BCUT2D eigenvalue weighted by atomic mass is 32.2. The summed E-state index contributed by atoms with van der Waals surface area (Å²) < 4.78 is 5.05. The zero-order valence-electron chi connectivity index (χ0n) is 9.40. The molecule has 2 aliphatic heterocycles. The van der Waals surface area contributed by atoms with E-state index in [1.54, 1.807) is 6.92 Å². The number of nitrogens with zero attached hydrogens (tertiary/aromatic N) is 2. The van der Waals surface area contributed by atoms with Crippen molar-refractivity contribution in [3.8, 4) is 0 Å². The van der Waals surface area contributed by atoms with Gasteiger partial charge in [0.2, 0.25) is 0 Å². The Labute approximate surface area is 98.3 Å². The summed E-state index contributed by atoms with van der Waals surface area (Å²) in [6.07, 6.45) is 1.15. The maximum absolute atomic E-state index is 12.4. The minimum Gasteiger partial charge on any atom is -0.361 e. The van der Waals surface area contributed by atoms with Gasteiger partial charge in [0.1, 0.15) is 11.3 Å². The molecular weight excluding hydrogens is 224 g/mol. The lowest BCUT2D eigenvalue weighted by Gasteiger charge is -2.26. The number of amides is 1. The third-order valence-corrected chi connectivity index (χ3v) is 4.80. The monoisotopic (exact) mass is 238 g/mol. The number of hydrogen-bond donors (Lipinski definition) is 0. The lowest BCUT2D eigenvalue weighted by Crippen LogP contribution is -2.39. The highest BCUT2D eigenvalue weighted by Gasteiger charge is 2.42. The van der Waals surface area contributed by atoms with Crippen LogP contribution in [0.4, 0.5) is 0 Å². The van der Waals surface area contributed by atoms with E-state index in [1.165, 1.54) is 0 Å². The topological polar surface area (TPSA) is 46.3 Å². The molecule has 5 heteroatoms. The molecule has 2 saturated heterocycles. The second-order valence-electron chi connectivity index (χ2n) is 4.50. The molecule has 1 aromatic heterocycles. The zero-order valence-corrected chi connectivity index (χ0v) is 10.2. The third kappa shape index (κ3) is 1.38. The van der Waals surface area contributed by atoms with E-state index in [-0.39, 0.29) is 5.91 Å². The summed E-state index contributed by atoms with van der Waals surface area (Å²) >= 11 is 1.99. The Morgan fingerprint density at radius 1 is 1.56 bits per heavy atom. The molecule has 1 aromatic rings. The summed E-state index contributed by atoms with van der Waals surface area (Å²) in [6.45, 7) is 4.52. The van der Waals surface area contributed by atoms with Crippen LogP contribution in [0.5, 0.6) is 0 Å². The van der Waals surface area contributed by atoms with E-state index in [0.29, 0.717) is 28.3 Å². The third-order valence-electron chi connectivity index (χ3n) is 3.41. The molecule has 3 heterocycles. The van der Waals surface area contributed by atoms with Gasteiger partial charge >= 0.3 is 0 Å². The van der Waals surface area contributed by atoms with E-state index in [2.05, 4.69) is 5.16 Å². The van der Waals surface area contributed by atoms with Gasteiger partial charge in [-0.2, -0.15) is 11.8 Å². The number of fused-ring (bicyclic) bond motifs is 2. The van der Waals surface area contributed by atoms with E-state index >= 15 is 0 Å². The first-order valence-electron chi connectivity index (χ1n) is 5.52. The van der Waals surface area contributed by atoms with Crippen molar-refractivity contribution in [2.75, 3.05) is 12.3 Å². The fraction of sp³-hybridized carbons (Fsp3) is 0.636. The molecule has 0 aliphatic carbocycles. The Bertz CT molecular complexity index is 424. The van der Waals surface area contributed by atoms with E-state index in [4.69, 9.17) is 4.52 Å². The minimum atomic E-state index is 0.101. The van der Waals surface area contributed by atoms with Crippen molar-refractivity contribution < 1.29 is 9.32 Å². The number of carbonyl (C=O) groups excluding carboxylic acids is 1. The van der Waals surface area contributed by atoms with Crippen molar-refractivity contribution in [2.24, 2.45) is 0 Å². The maximum atomic E-state index is 12.4. The van der Waals surface area contributed by atoms with Crippen LogP contribution < -0.4 is 0 Å². The molecule has 3 rings (SSSR count). The highest BCUT2D eigenvalue weighted by Crippen LogP contribution is 2.38. The SMILES string of the molecule is Cc1noc(C)c1C(=O)N1CC2CC1CS2. The van der Waals surface area contributed by atoms with Gasteiger partial charge in [-0.1, -0.05) is 5.16 Å². The summed E-state index contributed by atoms with van der Waals surface area (Å²) in [5, 5.41) is 4.49.